The van der Waals surface area contributed by atoms with Crippen LogP contribution in [0.4, 0.5) is 0 Å². The highest BCUT2D eigenvalue weighted by Gasteiger charge is 2.14. The number of methoxy groups -OCH3 is 4. The van der Waals surface area contributed by atoms with Crippen LogP contribution in [0, 0.1) is 47.3 Å². The number of hydrogen-bond acceptors (Lipinski definition) is 19. The maximum absolute atomic E-state index is 11.1. The molecule has 75 heavy (non-hydrogen) atoms. The predicted molar refractivity (Wildman–Crippen MR) is 286 cm³/mol. The van der Waals surface area contributed by atoms with Gasteiger partial charge in [-0.25, -0.2) is 0 Å². The van der Waals surface area contributed by atoms with Crippen LogP contribution in [0.25, 0.3) is 0 Å². The third-order valence-corrected chi connectivity index (χ3v) is 9.34. The Kier molecular flexibility index (Phi) is 64.5. The van der Waals surface area contributed by atoms with Crippen molar-refractivity contribution in [1.82, 2.24) is 5.32 Å². The number of aliphatic hydroxyl groups is 1. The van der Waals surface area contributed by atoms with Gasteiger partial charge in [-0.2, -0.15) is 0 Å². The predicted octanol–water partition coefficient (Wildman–Crippen LogP) is 6.50. The van der Waals surface area contributed by atoms with E-state index in [0.29, 0.717) is 32.2 Å². The molecule has 440 valence electrons. The first-order valence-corrected chi connectivity index (χ1v) is 25.1. The first-order valence-electron chi connectivity index (χ1n) is 25.1. The molecule has 1 amide bonds. The summed E-state index contributed by atoms with van der Waals surface area (Å²) in [6.07, 6.45) is 3.09. The zero-order valence-electron chi connectivity index (χ0n) is 49.5. The van der Waals surface area contributed by atoms with Crippen molar-refractivity contribution in [2.75, 3.05) is 48.1 Å². The zero-order valence-corrected chi connectivity index (χ0v) is 49.5. The summed E-state index contributed by atoms with van der Waals surface area (Å²) in [5, 5.41) is 18.7. The quantitative estimate of drug-likeness (QED) is 0.0328. The fraction of sp³-hybridized carbons (Fsp3) is 0.759. The summed E-state index contributed by atoms with van der Waals surface area (Å²) in [4.78, 5) is 138. The number of aliphatic hydroxyl groups excluding tert-OH is 1. The van der Waals surface area contributed by atoms with Crippen LogP contribution in [-0.2, 0) is 81.3 Å². The fourth-order valence-electron chi connectivity index (χ4n) is 3.40. The van der Waals surface area contributed by atoms with E-state index in [4.69, 9.17) is 15.9 Å². The molecule has 0 heterocycles. The van der Waals surface area contributed by atoms with Gasteiger partial charge in [0.25, 0.3) is 0 Å². The second-order valence-corrected chi connectivity index (χ2v) is 18.8. The maximum Gasteiger partial charge on any atom is 0.325 e. The van der Waals surface area contributed by atoms with Crippen molar-refractivity contribution in [1.29, 1.82) is 0 Å². The molecule has 0 bridgehead atoms. The molecule has 0 aromatic heterocycles. The molecule has 0 fully saturated rings. The Morgan fingerprint density at radius 3 is 0.973 bits per heavy atom. The summed E-state index contributed by atoms with van der Waals surface area (Å²) in [6.45, 7) is 30.6. The van der Waals surface area contributed by atoms with Crippen LogP contribution in [0.2, 0.25) is 0 Å². The molecule has 21 heteroatoms. The largest absolute Gasteiger partial charge is 0.481 e. The molecule has 0 aromatic carbocycles. The van der Waals surface area contributed by atoms with Gasteiger partial charge in [-0.3, -0.25) is 62.3 Å². The lowest BCUT2D eigenvalue weighted by molar-refractivity contribution is -0.144. The van der Waals surface area contributed by atoms with Gasteiger partial charge in [0.2, 0.25) is 5.91 Å². The van der Waals surface area contributed by atoms with Crippen molar-refractivity contribution in [3.63, 3.8) is 0 Å². The molecule has 0 aromatic rings. The van der Waals surface area contributed by atoms with Gasteiger partial charge in [-0.15, -0.1) is 0 Å². The number of unbranched alkanes of at least 4 members (excludes halogenated alkanes) is 1. The molecule has 21 nitrogen and oxygen atoms in total. The van der Waals surface area contributed by atoms with Crippen LogP contribution >= 0.6 is 0 Å². The number of nitrogens with one attached hydrogen (secondary N) is 1. The van der Waals surface area contributed by atoms with Crippen LogP contribution in [0.1, 0.15) is 175 Å². The summed E-state index contributed by atoms with van der Waals surface area (Å²) in [6, 6.07) is 0. The summed E-state index contributed by atoms with van der Waals surface area (Å²) < 4.78 is 17.5. The number of esters is 4. The van der Waals surface area contributed by atoms with Gasteiger partial charge in [-0.05, 0) is 26.3 Å². The minimum Gasteiger partial charge on any atom is -0.481 e. The number of carbonyl (C=O) groups is 13. The number of rotatable bonds is 25. The van der Waals surface area contributed by atoms with Crippen molar-refractivity contribution in [2.45, 2.75) is 175 Å². The molecule has 0 unspecified atom stereocenters. The summed E-state index contributed by atoms with van der Waals surface area (Å²) >= 11 is 0. The molecule has 0 rings (SSSR count). The van der Waals surface area contributed by atoms with Crippen LogP contribution in [0.3, 0.4) is 0 Å². The summed E-state index contributed by atoms with van der Waals surface area (Å²) in [5.74, 6) is -1.99. The van der Waals surface area contributed by atoms with Gasteiger partial charge >= 0.3 is 29.8 Å². The monoisotopic (exact) mass is 1080 g/mol. The van der Waals surface area contributed by atoms with Gasteiger partial charge in [0.05, 0.1) is 34.9 Å². The smallest absolute Gasteiger partial charge is 0.325 e. The number of nitrogens with two attached hydrogens (primary N) is 1. The van der Waals surface area contributed by atoms with Gasteiger partial charge in [0.15, 0.2) is 5.78 Å². The molecule has 0 aliphatic rings. The van der Waals surface area contributed by atoms with Crippen molar-refractivity contribution >= 4 is 76.2 Å². The first-order chi connectivity index (χ1) is 34.3. The Morgan fingerprint density at radius 1 is 0.400 bits per heavy atom. The minimum atomic E-state index is -1.05. The Morgan fingerprint density at radius 2 is 0.720 bits per heavy atom. The maximum atomic E-state index is 11.1. The van der Waals surface area contributed by atoms with Gasteiger partial charge in [-0.1, -0.05) is 111 Å². The van der Waals surface area contributed by atoms with Crippen molar-refractivity contribution in [2.24, 2.45) is 53.1 Å². The lowest BCUT2D eigenvalue weighted by Gasteiger charge is -2.05. The van der Waals surface area contributed by atoms with E-state index in [1.165, 1.54) is 28.4 Å². The Labute approximate surface area is 448 Å². The van der Waals surface area contributed by atoms with Gasteiger partial charge in [0.1, 0.15) is 60.7 Å². The van der Waals surface area contributed by atoms with Crippen LogP contribution in [0.15, 0.2) is 0 Å². The molecule has 0 atom stereocenters. The van der Waals surface area contributed by atoms with E-state index in [1.807, 2.05) is 55.4 Å². The van der Waals surface area contributed by atoms with E-state index < -0.39 is 17.9 Å². The average molecular weight is 1080 g/mol. The molecular weight excluding hydrogens is 981 g/mol. The van der Waals surface area contributed by atoms with Crippen molar-refractivity contribution in [3.8, 4) is 0 Å². The molecule has 0 aliphatic carbocycles. The number of Topliss-reactive ketones (excluding diaryl/α,β-unsaturated/α-hetero) is 7. The molecule has 0 radical (unpaired) electrons. The lowest BCUT2D eigenvalue weighted by Crippen LogP contribution is -2.33. The summed E-state index contributed by atoms with van der Waals surface area (Å²) in [7, 11) is 5.25. The van der Waals surface area contributed by atoms with E-state index in [1.54, 1.807) is 62.3 Å². The summed E-state index contributed by atoms with van der Waals surface area (Å²) in [5.41, 5.74) is 5.15. The SMILES string of the molecule is CC(=O)C(C)C.CC(C)C(=O)CC(=O)O.CC(C)C(=O)CCN.CC(C)C(=O)CO.COC(=O)CC(=O)C(C)C.COC(=O)CCC(=O)C(C)C.COC(=O)CCCCC(=O)C(C)C.COC(=O)CNC(=O)C(C)C. The van der Waals surface area contributed by atoms with E-state index in [2.05, 4.69) is 24.3 Å². The third kappa shape index (κ3) is 72.7. The Hall–Kier alpha value is -5.57. The number of ketones is 7. The number of carbonyl (C=O) groups excluding carboxylic acids is 12. The van der Waals surface area contributed by atoms with Crippen LogP contribution in [-0.4, -0.2) is 135 Å². The molecule has 0 aliphatic heterocycles. The molecule has 0 saturated heterocycles. The number of hydrogen-bond donors (Lipinski definition) is 4. The van der Waals surface area contributed by atoms with Crippen molar-refractivity contribution < 1.29 is 91.5 Å². The second kappa shape index (κ2) is 56.2. The normalized spacial score (nSPS) is 9.75. The molecule has 0 saturated carbocycles. The van der Waals surface area contributed by atoms with Crippen LogP contribution in [0.5, 0.6) is 0 Å². The first kappa shape index (κ1) is 86.2. The topological polar surface area (TPSA) is 337 Å². The number of ether oxygens (including phenoxy) is 4. The second-order valence-electron chi connectivity index (χ2n) is 18.8. The Balaban J connectivity index is -0.000000115. The standard InChI is InChI=1S/C10H18O3.C8H14O3.C7H13NO3.C7H12O3.C6H13NO.C6H10O3.C5H10O2.C5H10O/c1-8(2)9(11)6-4-5-7-10(12)13-3;1-6(2)7(9)4-5-8(10)11-3;1-5(2)7(10)8-4-6(9)11-3;1-5(2)6(8)4-7(9)10-3;1-5(2)6(8)3-4-7;1-4(2)5(7)3-6(8)9;1-4(2)5(7)3-6;1-4(2)5(3)6/h8H,4-7H2,1-3H3;6H,4-5H2,1-3H3;5H,4H2,1-3H3,(H,8,10);5H,4H2,1-3H3;5H,3-4,7H2,1-2H3;4H,3H2,1-2H3,(H,8,9);4,6H,3H2,1-2H3;4H,1-3H3. The van der Waals surface area contributed by atoms with E-state index in [9.17, 15) is 62.3 Å². The third-order valence-electron chi connectivity index (χ3n) is 9.34. The number of amides is 1. The molecule has 0 spiro atoms. The van der Waals surface area contributed by atoms with Gasteiger partial charge < -0.3 is 40.2 Å². The average Bonchev–Trinajstić information content (AvgIpc) is 3.33. The minimum absolute atomic E-state index is 0.0136. The van der Waals surface area contributed by atoms with E-state index >= 15 is 0 Å². The highest BCUT2D eigenvalue weighted by molar-refractivity contribution is 5.96. The number of aliphatic carboxylic acids is 1. The fourth-order valence-corrected chi connectivity index (χ4v) is 3.40. The van der Waals surface area contributed by atoms with Gasteiger partial charge in [0, 0.05) is 73.0 Å². The van der Waals surface area contributed by atoms with Crippen LogP contribution < -0.4 is 11.1 Å². The number of carboxylic acid groups (broad SMARTS) is 1. The number of carboxylic acids is 1. The highest BCUT2D eigenvalue weighted by Crippen LogP contribution is 2.07. The molecule has 5 N–H and O–H groups in total. The molecular formula is C54H100N2O19. The highest BCUT2D eigenvalue weighted by atomic mass is 16.5. The lowest BCUT2D eigenvalue weighted by atomic mass is 10.0. The zero-order chi connectivity index (χ0) is 61.1. The van der Waals surface area contributed by atoms with E-state index in [0.717, 1.165) is 12.8 Å². The van der Waals surface area contributed by atoms with E-state index in [-0.39, 0.29) is 138 Å². The van der Waals surface area contributed by atoms with Crippen molar-refractivity contribution in [3.05, 3.63) is 0 Å². The Bertz CT molecular complexity index is 1610.